The molecule has 1 unspecified atom stereocenters. The summed E-state index contributed by atoms with van der Waals surface area (Å²) < 4.78 is 16.2. The minimum absolute atomic E-state index is 0.255. The van der Waals surface area contributed by atoms with Gasteiger partial charge in [-0.05, 0) is 42.8 Å². The maximum Gasteiger partial charge on any atom is 0.265 e. The molecule has 0 spiro atoms. The summed E-state index contributed by atoms with van der Waals surface area (Å²) in [5, 5.41) is 5.59. The Labute approximate surface area is 175 Å². The van der Waals surface area contributed by atoms with Crippen LogP contribution in [0.2, 0.25) is 0 Å². The molecule has 1 aromatic heterocycles. The summed E-state index contributed by atoms with van der Waals surface area (Å²) in [7, 11) is 1.57. The van der Waals surface area contributed by atoms with E-state index in [1.54, 1.807) is 74.0 Å². The van der Waals surface area contributed by atoms with Gasteiger partial charge in [-0.1, -0.05) is 25.1 Å². The zero-order valence-corrected chi connectivity index (χ0v) is 16.9. The molecule has 0 aliphatic heterocycles. The second-order valence-corrected chi connectivity index (χ2v) is 6.49. The number of benzene rings is 2. The number of hydrogen-bond acceptors (Lipinski definition) is 5. The number of ether oxygens (including phenoxy) is 2. The first kappa shape index (κ1) is 21.0. The van der Waals surface area contributed by atoms with Crippen LogP contribution in [0.3, 0.4) is 0 Å². The molecule has 1 heterocycles. The number of carbonyl (C=O) groups is 2. The molecule has 3 rings (SSSR count). The number of rotatable bonds is 9. The first-order valence-electron chi connectivity index (χ1n) is 9.62. The number of amides is 2. The Morgan fingerprint density at radius 2 is 1.83 bits per heavy atom. The van der Waals surface area contributed by atoms with Crippen LogP contribution in [0.15, 0.2) is 71.3 Å². The van der Waals surface area contributed by atoms with E-state index in [0.717, 1.165) is 0 Å². The second-order valence-electron chi connectivity index (χ2n) is 6.49. The molecule has 0 saturated carbocycles. The maximum absolute atomic E-state index is 12.8. The van der Waals surface area contributed by atoms with Crippen molar-refractivity contribution in [3.8, 4) is 11.5 Å². The Kier molecular flexibility index (Phi) is 7.10. The highest BCUT2D eigenvalue weighted by molar-refractivity contribution is 6.04. The van der Waals surface area contributed by atoms with Gasteiger partial charge in [0.05, 0.1) is 31.2 Å². The number of hydrogen-bond donors (Lipinski definition) is 2. The highest BCUT2D eigenvalue weighted by Crippen LogP contribution is 2.22. The van der Waals surface area contributed by atoms with Crippen molar-refractivity contribution in [2.75, 3.05) is 12.4 Å². The molecule has 7 heteroatoms. The Bertz CT molecular complexity index is 985. The van der Waals surface area contributed by atoms with Crippen LogP contribution in [-0.2, 0) is 11.3 Å². The molecule has 2 amide bonds. The number of para-hydroxylation sites is 1. The molecular formula is C23H24N2O5. The SMILES string of the molecule is CCC(Oc1cccc(OC)c1)C(=O)Nc1ccccc1C(=O)NCc1ccco1. The quantitative estimate of drug-likeness (QED) is 0.558. The van der Waals surface area contributed by atoms with E-state index in [2.05, 4.69) is 10.6 Å². The molecule has 1 atom stereocenters. The number of furan rings is 1. The predicted octanol–water partition coefficient (Wildman–Crippen LogP) is 4.01. The van der Waals surface area contributed by atoms with E-state index in [1.165, 1.54) is 0 Å². The van der Waals surface area contributed by atoms with Crippen LogP contribution in [0.1, 0.15) is 29.5 Å². The van der Waals surface area contributed by atoms with Gasteiger partial charge in [0.15, 0.2) is 6.10 Å². The number of methoxy groups -OCH3 is 1. The molecule has 0 fully saturated rings. The van der Waals surface area contributed by atoms with Gasteiger partial charge in [-0.3, -0.25) is 9.59 Å². The van der Waals surface area contributed by atoms with Gasteiger partial charge < -0.3 is 24.5 Å². The average Bonchev–Trinajstić information content (AvgIpc) is 3.30. The Hall–Kier alpha value is -3.74. The van der Waals surface area contributed by atoms with Crippen LogP contribution in [0.25, 0.3) is 0 Å². The van der Waals surface area contributed by atoms with Crippen molar-refractivity contribution in [1.29, 1.82) is 0 Å². The molecule has 156 valence electrons. The lowest BCUT2D eigenvalue weighted by Gasteiger charge is -2.19. The van der Waals surface area contributed by atoms with Gasteiger partial charge in [-0.15, -0.1) is 0 Å². The van der Waals surface area contributed by atoms with Crippen molar-refractivity contribution >= 4 is 17.5 Å². The molecule has 0 bridgehead atoms. The van der Waals surface area contributed by atoms with Crippen LogP contribution >= 0.6 is 0 Å². The fraction of sp³-hybridized carbons (Fsp3) is 0.217. The fourth-order valence-electron chi connectivity index (χ4n) is 2.84. The van der Waals surface area contributed by atoms with Gasteiger partial charge in [0.1, 0.15) is 17.3 Å². The minimum Gasteiger partial charge on any atom is -0.497 e. The summed E-state index contributed by atoms with van der Waals surface area (Å²) in [6.07, 6.45) is 1.27. The molecule has 0 saturated heterocycles. The molecule has 2 aromatic carbocycles. The largest absolute Gasteiger partial charge is 0.497 e. The van der Waals surface area contributed by atoms with Crippen LogP contribution in [-0.4, -0.2) is 25.0 Å². The average molecular weight is 408 g/mol. The van der Waals surface area contributed by atoms with E-state index < -0.39 is 6.10 Å². The van der Waals surface area contributed by atoms with Crippen LogP contribution in [0.5, 0.6) is 11.5 Å². The number of anilines is 1. The lowest BCUT2D eigenvalue weighted by Crippen LogP contribution is -2.33. The van der Waals surface area contributed by atoms with E-state index in [1.807, 2.05) is 6.92 Å². The fourth-order valence-corrected chi connectivity index (χ4v) is 2.84. The smallest absolute Gasteiger partial charge is 0.265 e. The van der Waals surface area contributed by atoms with Crippen molar-refractivity contribution < 1.29 is 23.5 Å². The highest BCUT2D eigenvalue weighted by atomic mass is 16.5. The molecule has 2 N–H and O–H groups in total. The molecular weight excluding hydrogens is 384 g/mol. The van der Waals surface area contributed by atoms with E-state index >= 15 is 0 Å². The highest BCUT2D eigenvalue weighted by Gasteiger charge is 2.21. The molecule has 3 aromatic rings. The minimum atomic E-state index is -0.726. The summed E-state index contributed by atoms with van der Waals surface area (Å²) in [5.74, 6) is 1.15. The number of carbonyl (C=O) groups excluding carboxylic acids is 2. The van der Waals surface area contributed by atoms with E-state index in [0.29, 0.717) is 34.9 Å². The second kappa shape index (κ2) is 10.2. The summed E-state index contributed by atoms with van der Waals surface area (Å²) in [6.45, 7) is 2.11. The number of nitrogens with one attached hydrogen (secondary N) is 2. The lowest BCUT2D eigenvalue weighted by molar-refractivity contribution is -0.122. The maximum atomic E-state index is 12.8. The normalized spacial score (nSPS) is 11.4. The van der Waals surface area contributed by atoms with Gasteiger partial charge in [-0.25, -0.2) is 0 Å². The monoisotopic (exact) mass is 408 g/mol. The Morgan fingerprint density at radius 3 is 2.57 bits per heavy atom. The Balaban J connectivity index is 1.68. The zero-order valence-electron chi connectivity index (χ0n) is 16.9. The van der Waals surface area contributed by atoms with Crippen molar-refractivity contribution in [1.82, 2.24) is 5.32 Å². The van der Waals surface area contributed by atoms with Gasteiger partial charge in [0, 0.05) is 6.07 Å². The van der Waals surface area contributed by atoms with Gasteiger partial charge in [-0.2, -0.15) is 0 Å². The van der Waals surface area contributed by atoms with Gasteiger partial charge in [0.25, 0.3) is 11.8 Å². The first-order chi connectivity index (χ1) is 14.6. The van der Waals surface area contributed by atoms with Crippen LogP contribution in [0, 0.1) is 0 Å². The van der Waals surface area contributed by atoms with Crippen molar-refractivity contribution in [3.63, 3.8) is 0 Å². The van der Waals surface area contributed by atoms with Crippen molar-refractivity contribution in [2.45, 2.75) is 26.0 Å². The van der Waals surface area contributed by atoms with E-state index in [9.17, 15) is 9.59 Å². The third-order valence-corrected chi connectivity index (χ3v) is 4.42. The van der Waals surface area contributed by atoms with Gasteiger partial charge in [0.2, 0.25) is 0 Å². The predicted molar refractivity (Wildman–Crippen MR) is 113 cm³/mol. The third kappa shape index (κ3) is 5.41. The molecule has 0 aliphatic rings. The summed E-state index contributed by atoms with van der Waals surface area (Å²) >= 11 is 0. The van der Waals surface area contributed by atoms with Gasteiger partial charge >= 0.3 is 0 Å². The topological polar surface area (TPSA) is 89.8 Å². The zero-order chi connectivity index (χ0) is 21.3. The van der Waals surface area contributed by atoms with E-state index in [4.69, 9.17) is 13.9 Å². The molecule has 7 nitrogen and oxygen atoms in total. The first-order valence-corrected chi connectivity index (χ1v) is 9.62. The molecule has 0 aliphatic carbocycles. The van der Waals surface area contributed by atoms with E-state index in [-0.39, 0.29) is 18.4 Å². The third-order valence-electron chi connectivity index (χ3n) is 4.42. The summed E-state index contributed by atoms with van der Waals surface area (Å²) in [5.41, 5.74) is 0.765. The summed E-state index contributed by atoms with van der Waals surface area (Å²) in [6, 6.07) is 17.4. The summed E-state index contributed by atoms with van der Waals surface area (Å²) in [4.78, 5) is 25.4. The van der Waals surface area contributed by atoms with Crippen LogP contribution < -0.4 is 20.1 Å². The molecule has 0 radical (unpaired) electrons. The van der Waals surface area contributed by atoms with Crippen molar-refractivity contribution in [3.05, 3.63) is 78.3 Å². The van der Waals surface area contributed by atoms with Crippen molar-refractivity contribution in [2.24, 2.45) is 0 Å². The lowest BCUT2D eigenvalue weighted by atomic mass is 10.1. The Morgan fingerprint density at radius 1 is 1.03 bits per heavy atom. The molecule has 30 heavy (non-hydrogen) atoms. The standard InChI is InChI=1S/C23H24N2O5/c1-3-21(30-17-9-6-8-16(14-17)28-2)23(27)25-20-12-5-4-11-19(20)22(26)24-15-18-10-7-13-29-18/h4-14,21H,3,15H2,1-2H3,(H,24,26)(H,25,27). The van der Waals surface area contributed by atoms with Crippen LogP contribution in [0.4, 0.5) is 5.69 Å².